The zero-order valence-corrected chi connectivity index (χ0v) is 20.2. The lowest BCUT2D eigenvalue weighted by molar-refractivity contribution is 0.0696. The van der Waals surface area contributed by atoms with Crippen LogP contribution in [0.5, 0.6) is 11.5 Å². The van der Waals surface area contributed by atoms with E-state index in [1.807, 2.05) is 30.3 Å². The third-order valence-electron chi connectivity index (χ3n) is 5.25. The van der Waals surface area contributed by atoms with Gasteiger partial charge in [-0.25, -0.2) is 14.2 Å². The number of nitrogens with zero attached hydrogens (tertiary/aromatic N) is 2. The summed E-state index contributed by atoms with van der Waals surface area (Å²) in [5.41, 5.74) is 3.12. The number of aromatic nitrogens is 2. The van der Waals surface area contributed by atoms with Gasteiger partial charge in [0.25, 0.3) is 5.56 Å². The number of fused-ring (bicyclic) bond motifs is 3. The number of hydrogen-bond donors (Lipinski definition) is 1. The number of thiazole rings is 1. The van der Waals surface area contributed by atoms with Gasteiger partial charge in [0.1, 0.15) is 6.61 Å². The third-order valence-corrected chi connectivity index (χ3v) is 6.81. The zero-order chi connectivity index (χ0) is 23.8. The third kappa shape index (κ3) is 4.04. The number of para-hydroxylation sites is 2. The molecule has 34 heavy (non-hydrogen) atoms. The summed E-state index contributed by atoms with van der Waals surface area (Å²) >= 11 is 4.86. The minimum Gasteiger partial charge on any atom is -0.493 e. The number of methoxy groups -OCH3 is 1. The summed E-state index contributed by atoms with van der Waals surface area (Å²) in [6.07, 6.45) is 1.80. The lowest BCUT2D eigenvalue weighted by Gasteiger charge is -2.14. The molecule has 7 nitrogen and oxygen atoms in total. The van der Waals surface area contributed by atoms with Crippen LogP contribution in [0.1, 0.15) is 21.5 Å². The van der Waals surface area contributed by atoms with Crippen LogP contribution >= 0.6 is 27.3 Å². The Kier molecular flexibility index (Phi) is 5.80. The molecule has 3 aromatic carbocycles. The first-order chi connectivity index (χ1) is 16.4. The number of carboxylic acids is 1. The average molecular weight is 537 g/mol. The number of halogens is 1. The highest BCUT2D eigenvalue weighted by Gasteiger charge is 2.14. The Bertz CT molecular complexity index is 1670. The Morgan fingerprint density at radius 3 is 2.79 bits per heavy atom. The predicted molar refractivity (Wildman–Crippen MR) is 134 cm³/mol. The fourth-order valence-corrected chi connectivity index (χ4v) is 5.24. The smallest absolute Gasteiger partial charge is 0.335 e. The summed E-state index contributed by atoms with van der Waals surface area (Å²) in [6.45, 7) is 0.166. The first-order valence-electron chi connectivity index (χ1n) is 10.2. The monoisotopic (exact) mass is 536 g/mol. The topological polar surface area (TPSA) is 90.1 Å². The van der Waals surface area contributed by atoms with Crippen molar-refractivity contribution in [2.45, 2.75) is 6.61 Å². The van der Waals surface area contributed by atoms with Gasteiger partial charge in [0.05, 0.1) is 32.7 Å². The maximum absolute atomic E-state index is 13.0. The summed E-state index contributed by atoms with van der Waals surface area (Å²) in [6, 6.07) is 17.7. The maximum Gasteiger partial charge on any atom is 0.335 e. The summed E-state index contributed by atoms with van der Waals surface area (Å²) < 4.78 is 14.3. The maximum atomic E-state index is 13.0. The number of hydrogen-bond acceptors (Lipinski definition) is 6. The van der Waals surface area contributed by atoms with E-state index in [-0.39, 0.29) is 17.7 Å². The molecular formula is C25H17BrN2O5S. The van der Waals surface area contributed by atoms with Gasteiger partial charge in [-0.2, -0.15) is 0 Å². The van der Waals surface area contributed by atoms with E-state index in [1.165, 1.54) is 24.5 Å². The molecule has 0 aliphatic rings. The molecule has 2 heterocycles. The summed E-state index contributed by atoms with van der Waals surface area (Å²) in [5.74, 6) is -0.0313. The van der Waals surface area contributed by atoms with Crippen molar-refractivity contribution in [3.8, 4) is 11.5 Å². The van der Waals surface area contributed by atoms with Crippen molar-refractivity contribution in [3.05, 3.63) is 96.7 Å². The summed E-state index contributed by atoms with van der Waals surface area (Å²) in [4.78, 5) is 29.4. The van der Waals surface area contributed by atoms with Crippen LogP contribution in [0, 0.1) is 0 Å². The molecule has 1 N–H and O–H groups in total. The highest BCUT2D eigenvalue weighted by Crippen LogP contribution is 2.37. The van der Waals surface area contributed by atoms with Gasteiger partial charge in [-0.15, -0.1) is 0 Å². The molecule has 0 aliphatic carbocycles. The minimum atomic E-state index is -0.993. The normalized spacial score (nSPS) is 11.9. The fourth-order valence-electron chi connectivity index (χ4n) is 3.68. The minimum absolute atomic E-state index is 0.123. The summed E-state index contributed by atoms with van der Waals surface area (Å²) in [5, 5.41) is 9.18. The number of carbonyl (C=O) groups is 1. The molecule has 0 aliphatic heterocycles. The second kappa shape index (κ2) is 8.92. The van der Waals surface area contributed by atoms with E-state index in [0.717, 1.165) is 22.2 Å². The van der Waals surface area contributed by atoms with Crippen molar-refractivity contribution in [1.82, 2.24) is 9.38 Å². The van der Waals surface area contributed by atoms with E-state index in [4.69, 9.17) is 9.47 Å². The van der Waals surface area contributed by atoms with Gasteiger partial charge in [0, 0.05) is 0 Å². The number of imidazole rings is 1. The van der Waals surface area contributed by atoms with Gasteiger partial charge in [0.15, 0.2) is 16.5 Å². The Morgan fingerprint density at radius 1 is 1.18 bits per heavy atom. The molecule has 0 unspecified atom stereocenters. The quantitative estimate of drug-likeness (QED) is 0.343. The molecule has 0 atom stereocenters. The molecule has 170 valence electrons. The van der Waals surface area contributed by atoms with Gasteiger partial charge in [-0.3, -0.25) is 4.79 Å². The van der Waals surface area contributed by atoms with Crippen LogP contribution in [-0.2, 0) is 6.61 Å². The first kappa shape index (κ1) is 22.1. The first-order valence-corrected chi connectivity index (χ1v) is 11.8. The van der Waals surface area contributed by atoms with Crippen molar-refractivity contribution in [2.75, 3.05) is 7.11 Å². The van der Waals surface area contributed by atoms with Crippen LogP contribution < -0.4 is 19.6 Å². The lowest BCUT2D eigenvalue weighted by Crippen LogP contribution is -2.22. The van der Waals surface area contributed by atoms with Crippen LogP contribution in [-0.4, -0.2) is 27.6 Å². The SMILES string of the molecule is COc1cc(/C=c2\sc3nc4ccccc4n3c2=O)cc(Br)c1OCc1cccc(C(=O)O)c1. The molecule has 2 aromatic heterocycles. The number of ether oxygens (including phenoxy) is 2. The second-order valence-corrected chi connectivity index (χ2v) is 9.33. The van der Waals surface area contributed by atoms with Crippen LogP contribution in [0.2, 0.25) is 0 Å². The Balaban J connectivity index is 1.49. The zero-order valence-electron chi connectivity index (χ0n) is 17.8. The molecule has 0 radical (unpaired) electrons. The number of rotatable bonds is 6. The van der Waals surface area contributed by atoms with Crippen molar-refractivity contribution in [3.63, 3.8) is 0 Å². The van der Waals surface area contributed by atoms with E-state index < -0.39 is 5.97 Å². The van der Waals surface area contributed by atoms with E-state index in [9.17, 15) is 14.7 Å². The Hall–Kier alpha value is -3.69. The highest BCUT2D eigenvalue weighted by atomic mass is 79.9. The van der Waals surface area contributed by atoms with Crippen LogP contribution in [0.3, 0.4) is 0 Å². The number of aromatic carboxylic acids is 1. The Morgan fingerprint density at radius 2 is 2.00 bits per heavy atom. The number of benzene rings is 3. The van der Waals surface area contributed by atoms with Crippen molar-refractivity contribution in [2.24, 2.45) is 0 Å². The highest BCUT2D eigenvalue weighted by molar-refractivity contribution is 9.10. The van der Waals surface area contributed by atoms with E-state index in [1.54, 1.807) is 34.7 Å². The van der Waals surface area contributed by atoms with E-state index in [2.05, 4.69) is 20.9 Å². The average Bonchev–Trinajstić information content (AvgIpc) is 3.34. The number of carboxylic acid groups (broad SMARTS) is 1. The van der Waals surface area contributed by atoms with Crippen LogP contribution in [0.25, 0.3) is 22.1 Å². The van der Waals surface area contributed by atoms with Gasteiger partial charge in [-0.05, 0) is 69.5 Å². The fraction of sp³-hybridized carbons (Fsp3) is 0.0800. The molecule has 0 amide bonds. The van der Waals surface area contributed by atoms with E-state index in [0.29, 0.717) is 25.5 Å². The van der Waals surface area contributed by atoms with Crippen LogP contribution in [0.4, 0.5) is 0 Å². The molecular weight excluding hydrogens is 520 g/mol. The molecule has 5 rings (SSSR count). The summed E-state index contributed by atoms with van der Waals surface area (Å²) in [7, 11) is 1.54. The molecule has 0 saturated heterocycles. The van der Waals surface area contributed by atoms with Crippen molar-refractivity contribution < 1.29 is 19.4 Å². The standard InChI is InChI=1S/C25H17BrN2O5S/c1-32-20-11-15(10-17(26)22(20)33-13-14-5-4-6-16(9-14)24(30)31)12-21-23(29)28-19-8-3-2-7-18(19)27-25(28)34-21/h2-12H,13H2,1H3,(H,30,31)/b21-12-. The predicted octanol–water partition coefficient (Wildman–Crippen LogP) is 4.51. The van der Waals surface area contributed by atoms with Crippen molar-refractivity contribution >= 4 is 55.3 Å². The molecule has 0 fully saturated rings. The van der Waals surface area contributed by atoms with E-state index >= 15 is 0 Å². The largest absolute Gasteiger partial charge is 0.493 e. The van der Waals surface area contributed by atoms with Crippen LogP contribution in [0.15, 0.2) is 69.9 Å². The van der Waals surface area contributed by atoms with Gasteiger partial charge < -0.3 is 14.6 Å². The van der Waals surface area contributed by atoms with Gasteiger partial charge in [0.2, 0.25) is 0 Å². The molecule has 0 bridgehead atoms. The second-order valence-electron chi connectivity index (χ2n) is 7.46. The van der Waals surface area contributed by atoms with Crippen molar-refractivity contribution in [1.29, 1.82) is 0 Å². The molecule has 5 aromatic rings. The molecule has 9 heteroatoms. The Labute approximate surface area is 205 Å². The van der Waals surface area contributed by atoms with Gasteiger partial charge >= 0.3 is 5.97 Å². The molecule has 0 spiro atoms. The van der Waals surface area contributed by atoms with Gasteiger partial charge in [-0.1, -0.05) is 35.6 Å². The molecule has 0 saturated carbocycles. The lowest BCUT2D eigenvalue weighted by atomic mass is 10.1.